The van der Waals surface area contributed by atoms with E-state index in [1.54, 1.807) is 0 Å². The Kier molecular flexibility index (Phi) is 3.55. The van der Waals surface area contributed by atoms with Gasteiger partial charge in [-0.1, -0.05) is 25.1 Å². The maximum atomic E-state index is 3.60. The van der Waals surface area contributed by atoms with Gasteiger partial charge in [-0.2, -0.15) is 0 Å². The molecule has 0 amide bonds. The summed E-state index contributed by atoms with van der Waals surface area (Å²) < 4.78 is 0. The molecule has 0 aromatic heterocycles. The third-order valence-corrected chi connectivity index (χ3v) is 4.57. The van der Waals surface area contributed by atoms with E-state index in [4.69, 9.17) is 0 Å². The van der Waals surface area contributed by atoms with Crippen LogP contribution < -0.4 is 5.32 Å². The van der Waals surface area contributed by atoms with Crippen molar-refractivity contribution in [3.63, 3.8) is 0 Å². The van der Waals surface area contributed by atoms with Crippen LogP contribution in [0.3, 0.4) is 0 Å². The molecule has 18 heavy (non-hydrogen) atoms. The number of likely N-dealkylation sites (tertiary alicyclic amines) is 1. The minimum Gasteiger partial charge on any atom is -0.383 e. The van der Waals surface area contributed by atoms with Gasteiger partial charge in [0.2, 0.25) is 0 Å². The predicted molar refractivity (Wildman–Crippen MR) is 77.0 cm³/mol. The fourth-order valence-electron chi connectivity index (χ4n) is 3.33. The van der Waals surface area contributed by atoms with Crippen LogP contribution in [0.5, 0.6) is 0 Å². The monoisotopic (exact) mass is 244 g/mol. The number of hydrogen-bond donors (Lipinski definition) is 1. The molecule has 2 nitrogen and oxygen atoms in total. The summed E-state index contributed by atoms with van der Waals surface area (Å²) in [4.78, 5) is 2.71. The van der Waals surface area contributed by atoms with Crippen molar-refractivity contribution in [3.05, 3.63) is 29.8 Å². The molecule has 1 saturated heterocycles. The minimum atomic E-state index is 0.699. The van der Waals surface area contributed by atoms with Gasteiger partial charge in [-0.05, 0) is 56.3 Å². The van der Waals surface area contributed by atoms with Gasteiger partial charge < -0.3 is 5.32 Å². The van der Waals surface area contributed by atoms with Crippen LogP contribution in [-0.4, -0.2) is 30.6 Å². The molecule has 1 aromatic rings. The first-order valence-electron chi connectivity index (χ1n) is 7.39. The average Bonchev–Trinajstić information content (AvgIpc) is 2.63. The van der Waals surface area contributed by atoms with Crippen LogP contribution in [0.4, 0.5) is 5.69 Å². The van der Waals surface area contributed by atoms with E-state index in [2.05, 4.69) is 41.4 Å². The molecule has 0 saturated carbocycles. The predicted octanol–water partition coefficient (Wildman–Crippen LogP) is 3.15. The first kappa shape index (κ1) is 12.0. The van der Waals surface area contributed by atoms with Crippen molar-refractivity contribution in [1.82, 2.24) is 4.90 Å². The van der Waals surface area contributed by atoms with E-state index in [9.17, 15) is 0 Å². The minimum absolute atomic E-state index is 0.699. The van der Waals surface area contributed by atoms with Crippen LogP contribution in [0, 0.1) is 5.92 Å². The molecule has 3 rings (SSSR count). The number of nitrogens with zero attached hydrogens (tertiary/aromatic N) is 1. The molecule has 0 aliphatic carbocycles. The fraction of sp³-hybridized carbons (Fsp3) is 0.625. The normalized spacial score (nSPS) is 29.2. The van der Waals surface area contributed by atoms with E-state index in [1.165, 1.54) is 50.0 Å². The molecule has 1 fully saturated rings. The van der Waals surface area contributed by atoms with Crippen LogP contribution in [-0.2, 0) is 6.42 Å². The highest BCUT2D eigenvalue weighted by atomic mass is 15.2. The average molecular weight is 244 g/mol. The molecule has 0 radical (unpaired) electrons. The first-order valence-corrected chi connectivity index (χ1v) is 7.39. The third kappa shape index (κ3) is 2.54. The highest BCUT2D eigenvalue weighted by molar-refractivity contribution is 5.53. The summed E-state index contributed by atoms with van der Waals surface area (Å²) in [5.41, 5.74) is 2.84. The number of nitrogens with one attached hydrogen (secondary N) is 1. The summed E-state index contributed by atoms with van der Waals surface area (Å²) in [5, 5.41) is 3.60. The summed E-state index contributed by atoms with van der Waals surface area (Å²) in [6.45, 7) is 6.10. The lowest BCUT2D eigenvalue weighted by atomic mass is 9.98. The number of para-hydroxylation sites is 1. The zero-order valence-corrected chi connectivity index (χ0v) is 11.4. The van der Waals surface area contributed by atoms with E-state index in [0.29, 0.717) is 6.04 Å². The van der Waals surface area contributed by atoms with E-state index in [0.717, 1.165) is 12.5 Å². The third-order valence-electron chi connectivity index (χ3n) is 4.57. The summed E-state index contributed by atoms with van der Waals surface area (Å²) >= 11 is 0. The fourth-order valence-corrected chi connectivity index (χ4v) is 3.33. The summed E-state index contributed by atoms with van der Waals surface area (Å²) in [7, 11) is 0. The number of fused-ring (bicyclic) bond motifs is 1. The maximum Gasteiger partial charge on any atom is 0.0373 e. The lowest BCUT2D eigenvalue weighted by Crippen LogP contribution is -2.44. The molecule has 0 spiro atoms. The highest BCUT2D eigenvalue weighted by Crippen LogP contribution is 2.26. The topological polar surface area (TPSA) is 15.3 Å². The molecule has 0 bridgehead atoms. The number of benzene rings is 1. The van der Waals surface area contributed by atoms with Crippen molar-refractivity contribution >= 4 is 5.69 Å². The molecule has 2 unspecified atom stereocenters. The second-order valence-corrected chi connectivity index (χ2v) is 5.97. The molecule has 2 aliphatic rings. The van der Waals surface area contributed by atoms with Gasteiger partial charge in [-0.15, -0.1) is 0 Å². The van der Waals surface area contributed by atoms with Gasteiger partial charge in [0.1, 0.15) is 0 Å². The molecular formula is C16H24N2. The Labute approximate surface area is 110 Å². The number of rotatable bonds is 1. The van der Waals surface area contributed by atoms with Gasteiger partial charge in [0.15, 0.2) is 0 Å². The standard InChI is InChI=1S/C16H24N2/c1-13-5-4-9-18(10-8-13)15-11-14-6-2-3-7-16(14)17-12-15/h2-3,6-7,13,15,17H,4-5,8-12H2,1H3. The Morgan fingerprint density at radius 2 is 2.06 bits per heavy atom. The van der Waals surface area contributed by atoms with Gasteiger partial charge in [0.25, 0.3) is 0 Å². The molecule has 1 N–H and O–H groups in total. The maximum absolute atomic E-state index is 3.60. The zero-order valence-electron chi connectivity index (χ0n) is 11.4. The summed E-state index contributed by atoms with van der Waals surface area (Å²) in [5.74, 6) is 0.916. The largest absolute Gasteiger partial charge is 0.383 e. The van der Waals surface area contributed by atoms with Gasteiger partial charge >= 0.3 is 0 Å². The second-order valence-electron chi connectivity index (χ2n) is 5.97. The van der Waals surface area contributed by atoms with Gasteiger partial charge in [0, 0.05) is 18.3 Å². The number of anilines is 1. The first-order chi connectivity index (χ1) is 8.83. The molecular weight excluding hydrogens is 220 g/mol. The van der Waals surface area contributed by atoms with E-state index < -0.39 is 0 Å². The van der Waals surface area contributed by atoms with Crippen molar-refractivity contribution in [2.24, 2.45) is 5.92 Å². The van der Waals surface area contributed by atoms with Crippen molar-refractivity contribution in [3.8, 4) is 0 Å². The molecule has 2 heterocycles. The Morgan fingerprint density at radius 3 is 3.00 bits per heavy atom. The molecule has 2 aliphatic heterocycles. The quantitative estimate of drug-likeness (QED) is 0.816. The SMILES string of the molecule is CC1CCCN(C2CNc3ccccc3C2)CC1. The number of hydrogen-bond acceptors (Lipinski definition) is 2. The Morgan fingerprint density at radius 1 is 1.17 bits per heavy atom. The Hall–Kier alpha value is -1.02. The zero-order chi connectivity index (χ0) is 12.4. The molecule has 2 atom stereocenters. The molecule has 1 aromatic carbocycles. The van der Waals surface area contributed by atoms with Crippen molar-refractivity contribution in [2.45, 2.75) is 38.6 Å². The van der Waals surface area contributed by atoms with Crippen LogP contribution in [0.25, 0.3) is 0 Å². The van der Waals surface area contributed by atoms with E-state index >= 15 is 0 Å². The lowest BCUT2D eigenvalue weighted by Gasteiger charge is -2.35. The Balaban J connectivity index is 1.68. The Bertz CT molecular complexity index is 402. The van der Waals surface area contributed by atoms with Crippen molar-refractivity contribution in [2.75, 3.05) is 25.0 Å². The smallest absolute Gasteiger partial charge is 0.0373 e. The van der Waals surface area contributed by atoms with E-state index in [-0.39, 0.29) is 0 Å². The van der Waals surface area contributed by atoms with Crippen LogP contribution in [0.15, 0.2) is 24.3 Å². The van der Waals surface area contributed by atoms with Gasteiger partial charge in [0.05, 0.1) is 0 Å². The van der Waals surface area contributed by atoms with E-state index in [1.807, 2.05) is 0 Å². The lowest BCUT2D eigenvalue weighted by molar-refractivity contribution is 0.205. The summed E-state index contributed by atoms with van der Waals surface area (Å²) in [6, 6.07) is 9.46. The van der Waals surface area contributed by atoms with Crippen LogP contribution in [0.2, 0.25) is 0 Å². The van der Waals surface area contributed by atoms with Gasteiger partial charge in [-0.25, -0.2) is 0 Å². The van der Waals surface area contributed by atoms with Crippen LogP contribution >= 0.6 is 0 Å². The molecule has 98 valence electrons. The van der Waals surface area contributed by atoms with Crippen molar-refractivity contribution < 1.29 is 0 Å². The highest BCUT2D eigenvalue weighted by Gasteiger charge is 2.25. The van der Waals surface area contributed by atoms with Gasteiger partial charge in [-0.3, -0.25) is 4.90 Å². The molecule has 2 heteroatoms. The van der Waals surface area contributed by atoms with Crippen molar-refractivity contribution in [1.29, 1.82) is 0 Å². The van der Waals surface area contributed by atoms with Crippen LogP contribution in [0.1, 0.15) is 31.7 Å². The second kappa shape index (κ2) is 5.31. The summed E-state index contributed by atoms with van der Waals surface area (Å²) in [6.07, 6.45) is 5.38.